The first kappa shape index (κ1) is 15.7. The Labute approximate surface area is 140 Å². The SMILES string of the molecule is Cc1ccc(Oc2ccc(C(=O)Nc3ccccc3)nn2)cc1C. The molecule has 0 radical (unpaired) electrons. The number of carbonyl (C=O) groups is 1. The van der Waals surface area contributed by atoms with Crippen LogP contribution in [0.15, 0.2) is 60.7 Å². The lowest BCUT2D eigenvalue weighted by Crippen LogP contribution is -2.14. The van der Waals surface area contributed by atoms with Crippen molar-refractivity contribution < 1.29 is 9.53 Å². The zero-order chi connectivity index (χ0) is 16.9. The van der Waals surface area contributed by atoms with Crippen molar-refractivity contribution in [3.63, 3.8) is 0 Å². The second-order valence-electron chi connectivity index (χ2n) is 5.43. The third-order valence-corrected chi connectivity index (χ3v) is 3.61. The predicted molar refractivity (Wildman–Crippen MR) is 92.4 cm³/mol. The highest BCUT2D eigenvalue weighted by atomic mass is 16.5. The fraction of sp³-hybridized carbons (Fsp3) is 0.105. The summed E-state index contributed by atoms with van der Waals surface area (Å²) < 4.78 is 5.66. The highest BCUT2D eigenvalue weighted by Crippen LogP contribution is 2.21. The van der Waals surface area contributed by atoms with Crippen LogP contribution in [-0.2, 0) is 0 Å². The Kier molecular flexibility index (Phi) is 4.52. The fourth-order valence-corrected chi connectivity index (χ4v) is 2.11. The van der Waals surface area contributed by atoms with Gasteiger partial charge in [0.25, 0.3) is 5.91 Å². The van der Waals surface area contributed by atoms with Crippen LogP contribution in [0.1, 0.15) is 21.6 Å². The van der Waals surface area contributed by atoms with E-state index in [0.717, 1.165) is 5.56 Å². The Hall–Kier alpha value is -3.21. The maximum atomic E-state index is 12.1. The molecule has 3 aromatic rings. The van der Waals surface area contributed by atoms with Crippen LogP contribution in [0.2, 0.25) is 0 Å². The minimum absolute atomic E-state index is 0.228. The number of para-hydroxylation sites is 1. The lowest BCUT2D eigenvalue weighted by Gasteiger charge is -2.07. The van der Waals surface area contributed by atoms with E-state index in [0.29, 0.717) is 17.3 Å². The number of hydrogen-bond donors (Lipinski definition) is 1. The molecule has 0 saturated carbocycles. The Morgan fingerprint density at radius 3 is 2.38 bits per heavy atom. The first-order valence-electron chi connectivity index (χ1n) is 7.57. The Morgan fingerprint density at radius 2 is 1.71 bits per heavy atom. The summed E-state index contributed by atoms with van der Waals surface area (Å²) in [6.07, 6.45) is 0. The van der Waals surface area contributed by atoms with Crippen LogP contribution in [0.5, 0.6) is 11.6 Å². The van der Waals surface area contributed by atoms with Crippen LogP contribution in [0, 0.1) is 13.8 Å². The minimum Gasteiger partial charge on any atom is -0.438 e. The molecular weight excluding hydrogens is 302 g/mol. The van der Waals surface area contributed by atoms with Crippen molar-refractivity contribution in [2.75, 3.05) is 5.32 Å². The van der Waals surface area contributed by atoms with Gasteiger partial charge in [0.2, 0.25) is 5.88 Å². The summed E-state index contributed by atoms with van der Waals surface area (Å²) in [5, 5.41) is 10.6. The summed E-state index contributed by atoms with van der Waals surface area (Å²) in [5.41, 5.74) is 3.27. The number of amides is 1. The van der Waals surface area contributed by atoms with Crippen LogP contribution >= 0.6 is 0 Å². The largest absolute Gasteiger partial charge is 0.438 e. The second-order valence-corrected chi connectivity index (χ2v) is 5.43. The molecule has 2 aromatic carbocycles. The molecule has 0 unspecified atom stereocenters. The standard InChI is InChI=1S/C19H17N3O2/c1-13-8-9-16(12-14(13)2)24-18-11-10-17(21-22-18)19(23)20-15-6-4-3-5-7-15/h3-12H,1-2H3,(H,20,23). The van der Waals surface area contributed by atoms with Gasteiger partial charge in [-0.1, -0.05) is 24.3 Å². The average molecular weight is 319 g/mol. The van der Waals surface area contributed by atoms with E-state index in [9.17, 15) is 4.79 Å². The molecule has 0 atom stereocenters. The molecule has 1 heterocycles. The minimum atomic E-state index is -0.313. The molecule has 0 aliphatic carbocycles. The number of hydrogen-bond acceptors (Lipinski definition) is 4. The number of ether oxygens (including phenoxy) is 1. The Balaban J connectivity index is 1.68. The fourth-order valence-electron chi connectivity index (χ4n) is 2.11. The molecule has 0 bridgehead atoms. The second kappa shape index (κ2) is 6.91. The number of nitrogens with zero attached hydrogens (tertiary/aromatic N) is 2. The molecule has 1 amide bonds. The number of aryl methyl sites for hydroxylation is 2. The van der Waals surface area contributed by atoms with Gasteiger partial charge in [-0.15, -0.1) is 10.2 Å². The van der Waals surface area contributed by atoms with Gasteiger partial charge >= 0.3 is 0 Å². The van der Waals surface area contributed by atoms with Gasteiger partial charge in [0.15, 0.2) is 5.69 Å². The molecule has 120 valence electrons. The highest BCUT2D eigenvalue weighted by molar-refractivity contribution is 6.02. The maximum Gasteiger partial charge on any atom is 0.276 e. The molecule has 1 aromatic heterocycles. The molecular formula is C19H17N3O2. The number of carbonyl (C=O) groups excluding carboxylic acids is 1. The Morgan fingerprint density at radius 1 is 0.917 bits per heavy atom. The summed E-state index contributed by atoms with van der Waals surface area (Å²) in [6, 6.07) is 18.2. The molecule has 5 heteroatoms. The number of rotatable bonds is 4. The number of anilines is 1. The Bertz CT molecular complexity index is 846. The zero-order valence-corrected chi connectivity index (χ0v) is 13.5. The van der Waals surface area contributed by atoms with Crippen molar-refractivity contribution >= 4 is 11.6 Å². The number of benzene rings is 2. The third kappa shape index (κ3) is 3.76. The third-order valence-electron chi connectivity index (χ3n) is 3.61. The molecule has 0 spiro atoms. The van der Waals surface area contributed by atoms with Gasteiger partial charge in [0.1, 0.15) is 5.75 Å². The van der Waals surface area contributed by atoms with Crippen LogP contribution in [-0.4, -0.2) is 16.1 Å². The smallest absolute Gasteiger partial charge is 0.276 e. The first-order valence-corrected chi connectivity index (χ1v) is 7.57. The summed E-state index contributed by atoms with van der Waals surface area (Å²) in [7, 11) is 0. The van der Waals surface area contributed by atoms with Gasteiger partial charge < -0.3 is 10.1 Å². The van der Waals surface area contributed by atoms with E-state index in [2.05, 4.69) is 15.5 Å². The van der Waals surface area contributed by atoms with E-state index in [1.807, 2.05) is 62.4 Å². The maximum absolute atomic E-state index is 12.1. The monoisotopic (exact) mass is 319 g/mol. The topological polar surface area (TPSA) is 64.1 Å². The molecule has 24 heavy (non-hydrogen) atoms. The van der Waals surface area contributed by atoms with Gasteiger partial charge in [-0.25, -0.2) is 0 Å². The normalized spacial score (nSPS) is 10.2. The molecule has 0 aliphatic rings. The number of aromatic nitrogens is 2. The van der Waals surface area contributed by atoms with Gasteiger partial charge in [-0.2, -0.15) is 0 Å². The van der Waals surface area contributed by atoms with Crippen LogP contribution < -0.4 is 10.1 Å². The quantitative estimate of drug-likeness (QED) is 0.785. The van der Waals surface area contributed by atoms with Crippen molar-refractivity contribution in [2.45, 2.75) is 13.8 Å². The molecule has 5 nitrogen and oxygen atoms in total. The highest BCUT2D eigenvalue weighted by Gasteiger charge is 2.09. The van der Waals surface area contributed by atoms with E-state index in [-0.39, 0.29) is 11.6 Å². The zero-order valence-electron chi connectivity index (χ0n) is 13.5. The molecule has 0 aliphatic heterocycles. The van der Waals surface area contributed by atoms with Crippen molar-refractivity contribution in [3.05, 3.63) is 77.5 Å². The molecule has 0 saturated heterocycles. The lowest BCUT2D eigenvalue weighted by molar-refractivity contribution is 0.102. The van der Waals surface area contributed by atoms with E-state index >= 15 is 0 Å². The van der Waals surface area contributed by atoms with Crippen molar-refractivity contribution in [2.24, 2.45) is 0 Å². The molecule has 3 rings (SSSR count). The number of nitrogens with one attached hydrogen (secondary N) is 1. The summed E-state index contributed by atoms with van der Waals surface area (Å²) in [4.78, 5) is 12.1. The van der Waals surface area contributed by atoms with Crippen molar-refractivity contribution in [1.29, 1.82) is 0 Å². The van der Waals surface area contributed by atoms with E-state index in [4.69, 9.17) is 4.74 Å². The van der Waals surface area contributed by atoms with Crippen LogP contribution in [0.3, 0.4) is 0 Å². The molecule has 0 fully saturated rings. The van der Waals surface area contributed by atoms with E-state index in [1.165, 1.54) is 5.56 Å². The lowest BCUT2D eigenvalue weighted by atomic mass is 10.1. The van der Waals surface area contributed by atoms with Crippen molar-refractivity contribution in [3.8, 4) is 11.6 Å². The van der Waals surface area contributed by atoms with Crippen LogP contribution in [0.4, 0.5) is 5.69 Å². The van der Waals surface area contributed by atoms with Gasteiger partial charge in [-0.3, -0.25) is 4.79 Å². The van der Waals surface area contributed by atoms with Gasteiger partial charge in [0.05, 0.1) is 0 Å². The van der Waals surface area contributed by atoms with Gasteiger partial charge in [-0.05, 0) is 55.3 Å². The summed E-state index contributed by atoms with van der Waals surface area (Å²) in [5.74, 6) is 0.717. The van der Waals surface area contributed by atoms with E-state index < -0.39 is 0 Å². The van der Waals surface area contributed by atoms with Crippen molar-refractivity contribution in [1.82, 2.24) is 10.2 Å². The van der Waals surface area contributed by atoms with Crippen LogP contribution in [0.25, 0.3) is 0 Å². The van der Waals surface area contributed by atoms with E-state index in [1.54, 1.807) is 12.1 Å². The summed E-state index contributed by atoms with van der Waals surface area (Å²) in [6.45, 7) is 4.06. The first-order chi connectivity index (χ1) is 11.6. The summed E-state index contributed by atoms with van der Waals surface area (Å²) >= 11 is 0. The van der Waals surface area contributed by atoms with Gasteiger partial charge in [0, 0.05) is 11.8 Å². The molecule has 1 N–H and O–H groups in total. The average Bonchev–Trinajstić information content (AvgIpc) is 2.60. The predicted octanol–water partition coefficient (Wildman–Crippen LogP) is 4.14.